The fourth-order valence-electron chi connectivity index (χ4n) is 2.96. The third-order valence-corrected chi connectivity index (χ3v) is 4.08. The predicted octanol–water partition coefficient (Wildman–Crippen LogP) is 2.22. The van der Waals surface area contributed by atoms with Crippen LogP contribution < -0.4 is 0 Å². The van der Waals surface area contributed by atoms with Gasteiger partial charge in [0.2, 0.25) is 0 Å². The number of nitrogens with zero attached hydrogens (tertiary/aromatic N) is 2. The highest BCUT2D eigenvalue weighted by atomic mass is 16.3. The molecule has 1 atom stereocenters. The van der Waals surface area contributed by atoms with Crippen LogP contribution in [-0.2, 0) is 25.8 Å². The monoisotopic (exact) mass is 256 g/mol. The fraction of sp³-hybridized carbons (Fsp3) is 0.438. The maximum Gasteiger partial charge on any atom is 0.0616 e. The maximum atomic E-state index is 10.4. The number of benzene rings is 1. The van der Waals surface area contributed by atoms with E-state index in [0.717, 1.165) is 24.9 Å². The summed E-state index contributed by atoms with van der Waals surface area (Å²) in [6, 6.07) is 8.52. The number of hydrogen-bond donors (Lipinski definition) is 1. The minimum absolute atomic E-state index is 0.276. The third kappa shape index (κ3) is 2.56. The summed E-state index contributed by atoms with van der Waals surface area (Å²) in [4.78, 5) is 0. The lowest BCUT2D eigenvalue weighted by Crippen LogP contribution is -2.23. The Hall–Kier alpha value is -1.61. The third-order valence-electron chi connectivity index (χ3n) is 4.08. The van der Waals surface area contributed by atoms with Crippen molar-refractivity contribution in [2.45, 2.75) is 38.8 Å². The van der Waals surface area contributed by atoms with Crippen molar-refractivity contribution in [2.75, 3.05) is 0 Å². The lowest BCUT2D eigenvalue weighted by Gasteiger charge is -2.16. The largest absolute Gasteiger partial charge is 0.392 e. The van der Waals surface area contributed by atoms with E-state index >= 15 is 0 Å². The van der Waals surface area contributed by atoms with Crippen LogP contribution in [0.4, 0.5) is 0 Å². The molecule has 19 heavy (non-hydrogen) atoms. The van der Waals surface area contributed by atoms with Gasteiger partial charge in [-0.05, 0) is 42.4 Å². The summed E-state index contributed by atoms with van der Waals surface area (Å²) >= 11 is 0. The first-order valence-corrected chi connectivity index (χ1v) is 7.02. The van der Waals surface area contributed by atoms with Gasteiger partial charge in [-0.2, -0.15) is 5.10 Å². The second kappa shape index (κ2) is 5.17. The fourth-order valence-corrected chi connectivity index (χ4v) is 2.96. The topological polar surface area (TPSA) is 38.0 Å². The highest BCUT2D eigenvalue weighted by Gasteiger charge is 2.27. The summed E-state index contributed by atoms with van der Waals surface area (Å²) in [5.74, 6) is 0.349. The highest BCUT2D eigenvalue weighted by molar-refractivity contribution is 5.32. The van der Waals surface area contributed by atoms with E-state index in [1.54, 1.807) is 0 Å². The molecule has 1 heterocycles. The summed E-state index contributed by atoms with van der Waals surface area (Å²) < 4.78 is 1.91. The number of aromatic nitrogens is 2. The van der Waals surface area contributed by atoms with Crippen molar-refractivity contribution >= 4 is 0 Å². The van der Waals surface area contributed by atoms with Crippen LogP contribution in [0.2, 0.25) is 0 Å². The summed E-state index contributed by atoms with van der Waals surface area (Å²) in [6.45, 7) is 2.95. The number of hydrogen-bond acceptors (Lipinski definition) is 2. The summed E-state index contributed by atoms with van der Waals surface area (Å²) in [6.07, 6.45) is 6.33. The molecule has 3 nitrogen and oxygen atoms in total. The molecule has 0 spiro atoms. The van der Waals surface area contributed by atoms with Gasteiger partial charge in [-0.25, -0.2) is 0 Å². The second-order valence-corrected chi connectivity index (χ2v) is 5.41. The standard InChI is InChI=1S/C16H20N2O/c1-2-18-11-12(10-17-18)7-16(19)15-8-13-5-3-4-6-14(13)9-15/h3-6,10-11,15-16,19H,2,7-9H2,1H3. The Kier molecular flexibility index (Phi) is 3.38. The zero-order chi connectivity index (χ0) is 13.2. The van der Waals surface area contributed by atoms with Crippen molar-refractivity contribution in [3.63, 3.8) is 0 Å². The molecule has 0 amide bonds. The van der Waals surface area contributed by atoms with Gasteiger partial charge in [0.15, 0.2) is 0 Å². The molecule has 1 aromatic heterocycles. The van der Waals surface area contributed by atoms with Crippen molar-refractivity contribution in [3.05, 3.63) is 53.3 Å². The van der Waals surface area contributed by atoms with E-state index in [1.807, 2.05) is 17.1 Å². The molecule has 2 aromatic rings. The molecule has 100 valence electrons. The molecule has 0 bridgehead atoms. The minimum atomic E-state index is -0.276. The van der Waals surface area contributed by atoms with Crippen LogP contribution in [0.5, 0.6) is 0 Å². The first-order chi connectivity index (χ1) is 9.26. The Morgan fingerprint density at radius 1 is 1.32 bits per heavy atom. The van der Waals surface area contributed by atoms with Crippen LogP contribution in [0.15, 0.2) is 36.7 Å². The number of aliphatic hydroxyl groups excluding tert-OH is 1. The lowest BCUT2D eigenvalue weighted by atomic mass is 9.95. The van der Waals surface area contributed by atoms with E-state index in [4.69, 9.17) is 0 Å². The molecule has 1 unspecified atom stereocenters. The Morgan fingerprint density at radius 3 is 2.58 bits per heavy atom. The van der Waals surface area contributed by atoms with Crippen LogP contribution in [0.3, 0.4) is 0 Å². The molecule has 1 aromatic carbocycles. The van der Waals surface area contributed by atoms with Gasteiger partial charge in [0.05, 0.1) is 12.3 Å². The highest BCUT2D eigenvalue weighted by Crippen LogP contribution is 2.29. The zero-order valence-corrected chi connectivity index (χ0v) is 11.3. The van der Waals surface area contributed by atoms with Crippen LogP contribution in [0, 0.1) is 5.92 Å². The predicted molar refractivity (Wildman–Crippen MR) is 75.0 cm³/mol. The van der Waals surface area contributed by atoms with Gasteiger partial charge in [-0.3, -0.25) is 4.68 Å². The average Bonchev–Trinajstić information content (AvgIpc) is 3.04. The summed E-state index contributed by atoms with van der Waals surface area (Å²) in [7, 11) is 0. The van der Waals surface area contributed by atoms with Gasteiger partial charge >= 0.3 is 0 Å². The van der Waals surface area contributed by atoms with Gasteiger partial charge in [0.1, 0.15) is 0 Å². The molecular weight excluding hydrogens is 236 g/mol. The summed E-state index contributed by atoms with van der Waals surface area (Å²) in [5.41, 5.74) is 3.93. The maximum absolute atomic E-state index is 10.4. The van der Waals surface area contributed by atoms with Crippen molar-refractivity contribution in [3.8, 4) is 0 Å². The van der Waals surface area contributed by atoms with E-state index < -0.39 is 0 Å². The molecule has 0 saturated carbocycles. The van der Waals surface area contributed by atoms with Gasteiger partial charge < -0.3 is 5.11 Å². The van der Waals surface area contributed by atoms with E-state index in [2.05, 4.69) is 36.3 Å². The molecule has 1 aliphatic rings. The number of aryl methyl sites for hydroxylation is 1. The van der Waals surface area contributed by atoms with Crippen LogP contribution >= 0.6 is 0 Å². The van der Waals surface area contributed by atoms with Gasteiger partial charge in [0.25, 0.3) is 0 Å². The first-order valence-electron chi connectivity index (χ1n) is 7.02. The second-order valence-electron chi connectivity index (χ2n) is 5.41. The normalized spacial score (nSPS) is 16.5. The van der Waals surface area contributed by atoms with Crippen LogP contribution in [-0.4, -0.2) is 21.0 Å². The average molecular weight is 256 g/mol. The molecule has 3 heteroatoms. The molecule has 3 rings (SSSR count). The van der Waals surface area contributed by atoms with Crippen LogP contribution in [0.25, 0.3) is 0 Å². The van der Waals surface area contributed by atoms with E-state index in [9.17, 15) is 5.11 Å². The summed E-state index contributed by atoms with van der Waals surface area (Å²) in [5, 5.41) is 14.7. The van der Waals surface area contributed by atoms with Gasteiger partial charge in [0, 0.05) is 19.2 Å². The molecule has 1 aliphatic carbocycles. The lowest BCUT2D eigenvalue weighted by molar-refractivity contribution is 0.113. The Morgan fingerprint density at radius 2 is 2.00 bits per heavy atom. The quantitative estimate of drug-likeness (QED) is 0.911. The van der Waals surface area contributed by atoms with Gasteiger partial charge in [-0.15, -0.1) is 0 Å². The SMILES string of the molecule is CCn1cc(CC(O)C2Cc3ccccc3C2)cn1. The van der Waals surface area contributed by atoms with Gasteiger partial charge in [-0.1, -0.05) is 24.3 Å². The minimum Gasteiger partial charge on any atom is -0.392 e. The first kappa shape index (κ1) is 12.4. The van der Waals surface area contributed by atoms with E-state index in [0.29, 0.717) is 12.3 Å². The van der Waals surface area contributed by atoms with Crippen LogP contribution in [0.1, 0.15) is 23.6 Å². The molecule has 0 radical (unpaired) electrons. The van der Waals surface area contributed by atoms with Crippen molar-refractivity contribution in [1.82, 2.24) is 9.78 Å². The van der Waals surface area contributed by atoms with Crippen molar-refractivity contribution in [2.24, 2.45) is 5.92 Å². The van der Waals surface area contributed by atoms with E-state index in [1.165, 1.54) is 11.1 Å². The molecule has 0 fully saturated rings. The molecule has 1 N–H and O–H groups in total. The smallest absolute Gasteiger partial charge is 0.0616 e. The Balaban J connectivity index is 1.65. The van der Waals surface area contributed by atoms with E-state index in [-0.39, 0.29) is 6.10 Å². The zero-order valence-electron chi connectivity index (χ0n) is 11.3. The van der Waals surface area contributed by atoms with Crippen molar-refractivity contribution in [1.29, 1.82) is 0 Å². The molecule has 0 aliphatic heterocycles. The molecular formula is C16H20N2O. The number of aliphatic hydroxyl groups is 1. The number of rotatable bonds is 4. The van der Waals surface area contributed by atoms with Crippen molar-refractivity contribution < 1.29 is 5.11 Å². The Labute approximate surface area is 113 Å². The molecule has 0 saturated heterocycles. The number of fused-ring (bicyclic) bond motifs is 1. The Bertz CT molecular complexity index is 536.